The molecule has 3 nitrogen and oxygen atoms in total. The highest BCUT2D eigenvalue weighted by molar-refractivity contribution is 6.34. The zero-order chi connectivity index (χ0) is 10.2. The van der Waals surface area contributed by atoms with E-state index in [1.807, 2.05) is 0 Å². The Morgan fingerprint density at radius 1 is 1.46 bits per heavy atom. The van der Waals surface area contributed by atoms with Gasteiger partial charge in [0.15, 0.2) is 0 Å². The van der Waals surface area contributed by atoms with E-state index in [2.05, 4.69) is 0 Å². The standard InChI is InChI=1S/C7H4ClF2NO2/c8-5-2(9)1-3(10)6(11)4(5)7(12)13/h1H,11H2,(H,12,13). The average Bonchev–Trinajstić information content (AvgIpc) is 2.01. The maximum Gasteiger partial charge on any atom is 0.339 e. The summed E-state index contributed by atoms with van der Waals surface area (Å²) in [5, 5.41) is 7.81. The molecule has 13 heavy (non-hydrogen) atoms. The van der Waals surface area contributed by atoms with Gasteiger partial charge in [-0.15, -0.1) is 0 Å². The van der Waals surface area contributed by atoms with Crippen molar-refractivity contribution in [3.05, 3.63) is 28.3 Å². The Morgan fingerprint density at radius 2 is 2.00 bits per heavy atom. The van der Waals surface area contributed by atoms with E-state index in [1.165, 1.54) is 0 Å². The van der Waals surface area contributed by atoms with Gasteiger partial charge in [-0.1, -0.05) is 11.6 Å². The van der Waals surface area contributed by atoms with Crippen molar-refractivity contribution in [3.63, 3.8) is 0 Å². The fraction of sp³-hybridized carbons (Fsp3) is 0. The molecule has 6 heteroatoms. The molecular weight excluding hydrogens is 204 g/mol. The number of nitrogen functional groups attached to an aromatic ring is 1. The smallest absolute Gasteiger partial charge is 0.339 e. The van der Waals surface area contributed by atoms with E-state index in [-0.39, 0.29) is 0 Å². The van der Waals surface area contributed by atoms with Crippen molar-refractivity contribution in [2.24, 2.45) is 0 Å². The molecular formula is C7H4ClF2NO2. The molecule has 0 atom stereocenters. The van der Waals surface area contributed by atoms with Gasteiger partial charge in [0.05, 0.1) is 10.7 Å². The van der Waals surface area contributed by atoms with Crippen LogP contribution in [0.1, 0.15) is 10.4 Å². The van der Waals surface area contributed by atoms with Crippen molar-refractivity contribution in [1.82, 2.24) is 0 Å². The maximum absolute atomic E-state index is 12.7. The summed E-state index contributed by atoms with van der Waals surface area (Å²) in [6.07, 6.45) is 0. The summed E-state index contributed by atoms with van der Waals surface area (Å²) in [4.78, 5) is 10.4. The van der Waals surface area contributed by atoms with Gasteiger partial charge in [0.1, 0.15) is 17.2 Å². The normalized spacial score (nSPS) is 10.1. The van der Waals surface area contributed by atoms with E-state index in [0.717, 1.165) is 0 Å². The number of carboxylic acids is 1. The second-order valence-corrected chi connectivity index (χ2v) is 2.63. The van der Waals surface area contributed by atoms with Gasteiger partial charge in [-0.3, -0.25) is 0 Å². The largest absolute Gasteiger partial charge is 0.478 e. The number of aromatic carboxylic acids is 1. The van der Waals surface area contributed by atoms with Gasteiger partial charge in [0, 0.05) is 6.07 Å². The molecule has 0 aliphatic carbocycles. The second-order valence-electron chi connectivity index (χ2n) is 2.25. The lowest BCUT2D eigenvalue weighted by atomic mass is 10.1. The third-order valence-corrected chi connectivity index (χ3v) is 1.79. The number of carbonyl (C=O) groups is 1. The van der Waals surface area contributed by atoms with Gasteiger partial charge < -0.3 is 10.8 Å². The van der Waals surface area contributed by atoms with Gasteiger partial charge in [-0.05, 0) is 0 Å². The van der Waals surface area contributed by atoms with E-state index < -0.39 is 33.9 Å². The summed E-state index contributed by atoms with van der Waals surface area (Å²) in [5.41, 5.74) is 3.63. The minimum Gasteiger partial charge on any atom is -0.478 e. The minimum atomic E-state index is -1.57. The van der Waals surface area contributed by atoms with Gasteiger partial charge >= 0.3 is 5.97 Å². The molecule has 1 aromatic rings. The van der Waals surface area contributed by atoms with E-state index in [9.17, 15) is 13.6 Å². The highest BCUT2D eigenvalue weighted by atomic mass is 35.5. The molecule has 0 bridgehead atoms. The summed E-state index contributed by atoms with van der Waals surface area (Å²) in [6, 6.07) is 0.435. The fourth-order valence-electron chi connectivity index (χ4n) is 0.819. The number of anilines is 1. The third kappa shape index (κ3) is 1.55. The molecule has 0 fully saturated rings. The topological polar surface area (TPSA) is 63.3 Å². The van der Waals surface area contributed by atoms with Crippen molar-refractivity contribution < 1.29 is 18.7 Å². The minimum absolute atomic E-state index is 0.435. The Labute approximate surface area is 76.7 Å². The first-order valence-electron chi connectivity index (χ1n) is 3.11. The molecule has 0 heterocycles. The molecule has 0 spiro atoms. The fourth-order valence-corrected chi connectivity index (χ4v) is 1.06. The average molecular weight is 208 g/mol. The summed E-state index contributed by atoms with van der Waals surface area (Å²) < 4.78 is 25.4. The monoisotopic (exact) mass is 207 g/mol. The number of halogens is 3. The first kappa shape index (κ1) is 9.73. The van der Waals surface area contributed by atoms with Crippen LogP contribution in [-0.4, -0.2) is 11.1 Å². The van der Waals surface area contributed by atoms with Crippen molar-refractivity contribution in [1.29, 1.82) is 0 Å². The number of hydrogen-bond donors (Lipinski definition) is 2. The molecule has 0 aliphatic heterocycles. The van der Waals surface area contributed by atoms with Crippen molar-refractivity contribution in [3.8, 4) is 0 Å². The number of carboxylic acid groups (broad SMARTS) is 1. The first-order chi connectivity index (χ1) is 5.95. The first-order valence-corrected chi connectivity index (χ1v) is 3.49. The Morgan fingerprint density at radius 3 is 2.46 bits per heavy atom. The van der Waals surface area contributed by atoms with Crippen LogP contribution in [0.25, 0.3) is 0 Å². The summed E-state index contributed by atoms with van der Waals surface area (Å²) in [5.74, 6) is -3.86. The molecule has 0 amide bonds. The second kappa shape index (κ2) is 3.18. The number of nitrogens with two attached hydrogens (primary N) is 1. The molecule has 70 valence electrons. The number of rotatable bonds is 1. The van der Waals surface area contributed by atoms with Crippen LogP contribution >= 0.6 is 11.6 Å². The van der Waals surface area contributed by atoms with Gasteiger partial charge in [0.25, 0.3) is 0 Å². The highest BCUT2D eigenvalue weighted by Gasteiger charge is 2.20. The number of benzene rings is 1. The van der Waals surface area contributed by atoms with Crippen LogP contribution in [0.15, 0.2) is 6.07 Å². The lowest BCUT2D eigenvalue weighted by Gasteiger charge is -2.04. The number of hydrogen-bond acceptors (Lipinski definition) is 2. The van der Waals surface area contributed by atoms with Crippen LogP contribution in [0, 0.1) is 11.6 Å². The lowest BCUT2D eigenvalue weighted by molar-refractivity contribution is 0.0697. The van der Waals surface area contributed by atoms with E-state index >= 15 is 0 Å². The zero-order valence-electron chi connectivity index (χ0n) is 6.14. The molecule has 3 N–H and O–H groups in total. The Hall–Kier alpha value is -1.36. The van der Waals surface area contributed by atoms with Crippen LogP contribution in [0.4, 0.5) is 14.5 Å². The molecule has 0 saturated heterocycles. The van der Waals surface area contributed by atoms with E-state index in [4.69, 9.17) is 22.4 Å². The molecule has 1 aromatic carbocycles. The van der Waals surface area contributed by atoms with Gasteiger partial charge in [-0.2, -0.15) is 0 Å². The van der Waals surface area contributed by atoms with E-state index in [1.54, 1.807) is 0 Å². The highest BCUT2D eigenvalue weighted by Crippen LogP contribution is 2.27. The summed E-state index contributed by atoms with van der Waals surface area (Å²) in [7, 11) is 0. The van der Waals surface area contributed by atoms with Crippen LogP contribution in [0.5, 0.6) is 0 Å². The van der Waals surface area contributed by atoms with Crippen LogP contribution < -0.4 is 5.73 Å². The molecule has 0 aromatic heterocycles. The Bertz CT molecular complexity index is 355. The predicted octanol–water partition coefficient (Wildman–Crippen LogP) is 1.90. The predicted molar refractivity (Wildman–Crippen MR) is 42.7 cm³/mol. The summed E-state index contributed by atoms with van der Waals surface area (Å²) in [6.45, 7) is 0. The molecule has 1 rings (SSSR count). The maximum atomic E-state index is 12.7. The van der Waals surface area contributed by atoms with Crippen LogP contribution in [0.3, 0.4) is 0 Å². The van der Waals surface area contributed by atoms with Crippen LogP contribution in [0.2, 0.25) is 5.02 Å². The van der Waals surface area contributed by atoms with Gasteiger partial charge in [0.2, 0.25) is 0 Å². The Kier molecular flexibility index (Phi) is 2.38. The molecule has 0 unspecified atom stereocenters. The quantitative estimate of drug-likeness (QED) is 0.546. The lowest BCUT2D eigenvalue weighted by Crippen LogP contribution is -2.07. The van der Waals surface area contributed by atoms with Crippen molar-refractivity contribution in [2.75, 3.05) is 5.73 Å². The Balaban J connectivity index is 3.56. The summed E-state index contributed by atoms with van der Waals surface area (Å²) >= 11 is 5.26. The van der Waals surface area contributed by atoms with Crippen molar-refractivity contribution >= 4 is 23.3 Å². The zero-order valence-corrected chi connectivity index (χ0v) is 6.90. The van der Waals surface area contributed by atoms with E-state index in [0.29, 0.717) is 6.07 Å². The molecule has 0 aliphatic rings. The SMILES string of the molecule is Nc1c(F)cc(F)c(Cl)c1C(=O)O. The van der Waals surface area contributed by atoms with Crippen LogP contribution in [-0.2, 0) is 0 Å². The molecule has 0 saturated carbocycles. The van der Waals surface area contributed by atoms with Crippen molar-refractivity contribution in [2.45, 2.75) is 0 Å². The molecule has 0 radical (unpaired) electrons. The third-order valence-electron chi connectivity index (χ3n) is 1.42. The van der Waals surface area contributed by atoms with Gasteiger partial charge in [-0.25, -0.2) is 13.6 Å².